The van der Waals surface area contributed by atoms with Gasteiger partial charge < -0.3 is 9.80 Å². The number of aromatic nitrogens is 6. The number of hydrogen-bond acceptors (Lipinski definition) is 7. The van der Waals surface area contributed by atoms with Gasteiger partial charge in [0.15, 0.2) is 5.82 Å². The molecule has 3 aromatic heterocycles. The number of amides is 1. The second kappa shape index (κ2) is 8.84. The molecular formula is C23H27FN8O. The van der Waals surface area contributed by atoms with E-state index in [4.69, 9.17) is 0 Å². The van der Waals surface area contributed by atoms with Crippen molar-refractivity contribution in [1.29, 1.82) is 0 Å². The minimum Gasteiger partial charge on any atom is -0.338 e. The van der Waals surface area contributed by atoms with Crippen molar-refractivity contribution in [2.75, 3.05) is 18.0 Å². The Morgan fingerprint density at radius 3 is 2.48 bits per heavy atom. The molecule has 1 saturated heterocycles. The molecule has 0 aromatic carbocycles. The molecule has 1 saturated carbocycles. The van der Waals surface area contributed by atoms with Crippen LogP contribution in [0.2, 0.25) is 0 Å². The maximum Gasteiger partial charge on any atom is 0.256 e. The molecule has 0 bridgehead atoms. The lowest BCUT2D eigenvalue weighted by Gasteiger charge is -2.41. The summed E-state index contributed by atoms with van der Waals surface area (Å²) in [6.45, 7) is 4.66. The molecule has 0 N–H and O–H groups in total. The molecule has 10 heteroatoms. The van der Waals surface area contributed by atoms with Gasteiger partial charge in [-0.2, -0.15) is 9.78 Å². The van der Waals surface area contributed by atoms with Gasteiger partial charge in [-0.3, -0.25) is 4.79 Å². The van der Waals surface area contributed by atoms with Gasteiger partial charge in [-0.1, -0.05) is 6.92 Å². The molecule has 0 spiro atoms. The number of aryl methyl sites for hydroxylation is 2. The molecule has 2 fully saturated rings. The number of anilines is 1. The zero-order valence-corrected chi connectivity index (χ0v) is 18.8. The minimum atomic E-state index is -1.18. The lowest BCUT2D eigenvalue weighted by atomic mass is 10.00. The number of hydrogen-bond donors (Lipinski definition) is 0. The van der Waals surface area contributed by atoms with Crippen LogP contribution < -0.4 is 4.90 Å². The van der Waals surface area contributed by atoms with Crippen LogP contribution in [0.5, 0.6) is 0 Å². The highest BCUT2D eigenvalue weighted by atomic mass is 19.1. The number of piperidine rings is 1. The van der Waals surface area contributed by atoms with Crippen LogP contribution in [0.15, 0.2) is 37.1 Å². The molecule has 172 valence electrons. The first-order chi connectivity index (χ1) is 16.0. The summed E-state index contributed by atoms with van der Waals surface area (Å²) in [5, 5.41) is 4.14. The van der Waals surface area contributed by atoms with E-state index in [0.29, 0.717) is 36.1 Å². The summed E-state index contributed by atoms with van der Waals surface area (Å²) < 4.78 is 17.0. The Morgan fingerprint density at radius 2 is 1.91 bits per heavy atom. The van der Waals surface area contributed by atoms with E-state index in [1.54, 1.807) is 40.3 Å². The maximum atomic E-state index is 15.4. The molecule has 5 rings (SSSR count). The topological polar surface area (TPSA) is 92.9 Å². The molecule has 1 amide bonds. The summed E-state index contributed by atoms with van der Waals surface area (Å²) >= 11 is 0. The first kappa shape index (κ1) is 21.4. The second-order valence-corrected chi connectivity index (χ2v) is 8.63. The Labute approximate surface area is 191 Å². The summed E-state index contributed by atoms with van der Waals surface area (Å²) in [5.74, 6) is 1.67. The van der Waals surface area contributed by atoms with Crippen LogP contribution in [-0.2, 0) is 6.42 Å². The lowest BCUT2D eigenvalue weighted by molar-refractivity contribution is 0.0486. The number of halogens is 1. The van der Waals surface area contributed by atoms with E-state index in [1.807, 2.05) is 18.7 Å². The van der Waals surface area contributed by atoms with Gasteiger partial charge in [0.2, 0.25) is 5.95 Å². The molecule has 1 aliphatic heterocycles. The Kier molecular flexibility index (Phi) is 5.74. The Morgan fingerprint density at radius 1 is 1.12 bits per heavy atom. The third kappa shape index (κ3) is 4.29. The quantitative estimate of drug-likeness (QED) is 0.570. The number of pyridine rings is 1. The van der Waals surface area contributed by atoms with Crippen molar-refractivity contribution in [3.8, 4) is 5.82 Å². The van der Waals surface area contributed by atoms with Crippen molar-refractivity contribution in [1.82, 2.24) is 34.6 Å². The van der Waals surface area contributed by atoms with Crippen molar-refractivity contribution in [3.63, 3.8) is 0 Å². The summed E-state index contributed by atoms with van der Waals surface area (Å²) in [4.78, 5) is 34.3. The highest BCUT2D eigenvalue weighted by molar-refractivity contribution is 5.94. The van der Waals surface area contributed by atoms with Crippen LogP contribution >= 0.6 is 0 Å². The van der Waals surface area contributed by atoms with E-state index in [2.05, 4.69) is 25.0 Å². The van der Waals surface area contributed by atoms with E-state index in [-0.39, 0.29) is 18.5 Å². The number of rotatable bonds is 6. The molecule has 33 heavy (non-hydrogen) atoms. The predicted octanol–water partition coefficient (Wildman–Crippen LogP) is 2.54. The molecule has 2 aliphatic rings. The molecule has 2 unspecified atom stereocenters. The fourth-order valence-electron chi connectivity index (χ4n) is 4.33. The summed E-state index contributed by atoms with van der Waals surface area (Å²) in [6.07, 6.45) is 8.61. The zero-order chi connectivity index (χ0) is 22.9. The largest absolute Gasteiger partial charge is 0.338 e. The van der Waals surface area contributed by atoms with E-state index in [0.717, 1.165) is 24.8 Å². The minimum absolute atomic E-state index is 0.0876. The second-order valence-electron chi connectivity index (χ2n) is 8.63. The smallest absolute Gasteiger partial charge is 0.256 e. The Bertz CT molecular complexity index is 1110. The zero-order valence-electron chi connectivity index (χ0n) is 18.8. The van der Waals surface area contributed by atoms with Gasteiger partial charge in [0.05, 0.1) is 18.2 Å². The van der Waals surface area contributed by atoms with Gasteiger partial charge >= 0.3 is 0 Å². The molecule has 4 heterocycles. The van der Waals surface area contributed by atoms with Gasteiger partial charge in [0, 0.05) is 31.2 Å². The van der Waals surface area contributed by atoms with Crippen molar-refractivity contribution >= 4 is 11.9 Å². The SMILES string of the molecule is CCc1cnc(N2CCC(N(C(=O)c3ccc(-n4ncnc4C)nc3)C3CC3)C(F)C2)nc1. The molecule has 1 aliphatic carbocycles. The van der Waals surface area contributed by atoms with Crippen molar-refractivity contribution in [3.05, 3.63) is 54.0 Å². The monoisotopic (exact) mass is 450 g/mol. The normalized spacial score (nSPS) is 20.6. The fourth-order valence-corrected chi connectivity index (χ4v) is 4.33. The molecule has 9 nitrogen and oxygen atoms in total. The van der Waals surface area contributed by atoms with Crippen molar-refractivity contribution in [2.24, 2.45) is 0 Å². The van der Waals surface area contributed by atoms with Crippen molar-refractivity contribution in [2.45, 2.75) is 57.8 Å². The van der Waals surface area contributed by atoms with Crippen LogP contribution in [0.4, 0.5) is 10.3 Å². The van der Waals surface area contributed by atoms with E-state index < -0.39 is 12.2 Å². The van der Waals surface area contributed by atoms with Crippen LogP contribution in [-0.4, -0.2) is 71.9 Å². The first-order valence-electron chi connectivity index (χ1n) is 11.4. The van der Waals surface area contributed by atoms with Gasteiger partial charge in [0.1, 0.15) is 18.3 Å². The van der Waals surface area contributed by atoms with E-state index in [9.17, 15) is 4.79 Å². The summed E-state index contributed by atoms with van der Waals surface area (Å²) in [5.41, 5.74) is 1.51. The third-order valence-electron chi connectivity index (χ3n) is 6.35. The number of nitrogens with zero attached hydrogens (tertiary/aromatic N) is 8. The van der Waals surface area contributed by atoms with Crippen LogP contribution in [0.3, 0.4) is 0 Å². The number of carbonyl (C=O) groups excluding carboxylic acids is 1. The molecular weight excluding hydrogens is 423 g/mol. The number of carbonyl (C=O) groups is 1. The Hall–Kier alpha value is -3.43. The standard InChI is InChI=1S/C23H27FN8O/c1-3-16-10-26-23(27-11-16)30-9-8-20(19(24)13-30)31(18-5-6-18)22(33)17-4-7-21(25-12-17)32-15(2)28-14-29-32/h4,7,10-12,14,18-20H,3,5-6,8-9,13H2,1-2H3. The van der Waals surface area contributed by atoms with Gasteiger partial charge in [-0.25, -0.2) is 24.3 Å². The third-order valence-corrected chi connectivity index (χ3v) is 6.35. The van der Waals surface area contributed by atoms with E-state index >= 15 is 4.39 Å². The fraction of sp³-hybridized carbons (Fsp3) is 0.478. The van der Waals surface area contributed by atoms with E-state index in [1.165, 1.54) is 6.33 Å². The maximum absolute atomic E-state index is 15.4. The molecule has 3 aromatic rings. The average molecular weight is 451 g/mol. The molecule has 0 radical (unpaired) electrons. The highest BCUT2D eigenvalue weighted by Gasteiger charge is 2.43. The summed E-state index contributed by atoms with van der Waals surface area (Å²) in [6, 6.07) is 3.09. The van der Waals surface area contributed by atoms with Gasteiger partial charge in [0.25, 0.3) is 5.91 Å². The van der Waals surface area contributed by atoms with Crippen LogP contribution in [0.25, 0.3) is 5.82 Å². The highest BCUT2D eigenvalue weighted by Crippen LogP contribution is 2.34. The first-order valence-corrected chi connectivity index (χ1v) is 11.4. The predicted molar refractivity (Wildman–Crippen MR) is 120 cm³/mol. The average Bonchev–Trinajstić information content (AvgIpc) is 3.59. The van der Waals surface area contributed by atoms with Crippen molar-refractivity contribution < 1.29 is 9.18 Å². The van der Waals surface area contributed by atoms with Gasteiger partial charge in [-0.05, 0) is 50.3 Å². The Balaban J connectivity index is 1.30. The summed E-state index contributed by atoms with van der Waals surface area (Å²) in [7, 11) is 0. The van der Waals surface area contributed by atoms with Gasteiger partial charge in [-0.15, -0.1) is 0 Å². The molecule has 2 atom stereocenters. The van der Waals surface area contributed by atoms with Crippen LogP contribution in [0.1, 0.15) is 47.9 Å². The lowest BCUT2D eigenvalue weighted by Crippen LogP contribution is -2.55. The number of alkyl halides is 1. The van der Waals surface area contributed by atoms with Crippen LogP contribution in [0, 0.1) is 6.92 Å².